The van der Waals surface area contributed by atoms with E-state index in [4.69, 9.17) is 4.42 Å². The lowest BCUT2D eigenvalue weighted by atomic mass is 9.95. The van der Waals surface area contributed by atoms with Gasteiger partial charge in [0.05, 0.1) is 5.69 Å². The maximum Gasteiger partial charge on any atom is 0.135 e. The van der Waals surface area contributed by atoms with Crippen LogP contribution >= 0.6 is 11.3 Å². The van der Waals surface area contributed by atoms with Crippen LogP contribution in [0.5, 0.6) is 0 Å². The second kappa shape index (κ2) is 12.9. The standard InChI is InChI=1S/C52H33NOS/c1-2-19-40-34(13-1)14-11-24-42(40)43-20-3-6-26-48(43)53(38-17-9-15-35(31-38)36-29-30-50-47(33-36)44-21-4-7-27-49(44)54-50)39-18-10-16-37(32-39)41-23-12-25-46-45-22-5-8-28-51(45)55-52(41)46/h1-33H. The quantitative estimate of drug-likeness (QED) is 0.170. The van der Waals surface area contributed by atoms with E-state index in [9.17, 15) is 0 Å². The molecular formula is C52H33NOS. The Balaban J connectivity index is 1.12. The Morgan fingerprint density at radius 2 is 0.964 bits per heavy atom. The first-order valence-electron chi connectivity index (χ1n) is 18.7. The zero-order valence-electron chi connectivity index (χ0n) is 29.8. The molecule has 2 heterocycles. The molecule has 0 saturated carbocycles. The second-order valence-electron chi connectivity index (χ2n) is 14.1. The van der Waals surface area contributed by atoms with Gasteiger partial charge in [-0.15, -0.1) is 11.3 Å². The SMILES string of the molecule is c1cc(-c2ccc3oc4ccccc4c3c2)cc(N(c2cccc(-c3cccc4c3sc3ccccc34)c2)c2ccccc2-c2cccc3ccccc23)c1. The Hall–Kier alpha value is -6.94. The lowest BCUT2D eigenvalue weighted by molar-refractivity contribution is 0.669. The van der Waals surface area contributed by atoms with Crippen LogP contribution in [0.15, 0.2) is 205 Å². The van der Waals surface area contributed by atoms with Crippen molar-refractivity contribution < 1.29 is 4.42 Å². The van der Waals surface area contributed by atoms with Crippen molar-refractivity contribution in [1.82, 2.24) is 0 Å². The fraction of sp³-hybridized carbons (Fsp3) is 0. The summed E-state index contributed by atoms with van der Waals surface area (Å²) in [6, 6.07) is 72.3. The van der Waals surface area contributed by atoms with Gasteiger partial charge >= 0.3 is 0 Å². The summed E-state index contributed by atoms with van der Waals surface area (Å²) < 4.78 is 8.81. The number of para-hydroxylation sites is 2. The van der Waals surface area contributed by atoms with Crippen molar-refractivity contribution in [3.8, 4) is 33.4 Å². The number of hydrogen-bond donors (Lipinski definition) is 0. The van der Waals surface area contributed by atoms with E-state index >= 15 is 0 Å². The van der Waals surface area contributed by atoms with Crippen molar-refractivity contribution in [3.05, 3.63) is 200 Å². The normalized spacial score (nSPS) is 11.6. The molecule has 0 radical (unpaired) electrons. The van der Waals surface area contributed by atoms with Crippen LogP contribution < -0.4 is 4.90 Å². The average molecular weight is 720 g/mol. The predicted octanol–water partition coefficient (Wildman–Crippen LogP) is 15.6. The van der Waals surface area contributed by atoms with Crippen molar-refractivity contribution in [2.24, 2.45) is 0 Å². The molecule has 0 bridgehead atoms. The summed E-state index contributed by atoms with van der Waals surface area (Å²) in [5, 5.41) is 7.33. The van der Waals surface area contributed by atoms with E-state index in [0.29, 0.717) is 0 Å². The van der Waals surface area contributed by atoms with Crippen molar-refractivity contribution in [3.63, 3.8) is 0 Å². The Labute approximate surface area is 322 Å². The summed E-state index contributed by atoms with van der Waals surface area (Å²) in [6.45, 7) is 0. The molecule has 0 aliphatic carbocycles. The molecule has 0 fully saturated rings. The molecule has 0 unspecified atom stereocenters. The van der Waals surface area contributed by atoms with Crippen LogP contribution in [-0.2, 0) is 0 Å². The molecule has 2 aromatic heterocycles. The third-order valence-electron chi connectivity index (χ3n) is 10.9. The highest BCUT2D eigenvalue weighted by Crippen LogP contribution is 2.46. The average Bonchev–Trinajstić information content (AvgIpc) is 3.82. The van der Waals surface area contributed by atoms with E-state index in [1.54, 1.807) is 0 Å². The number of nitrogens with zero attached hydrogens (tertiary/aromatic N) is 1. The van der Waals surface area contributed by atoms with Gasteiger partial charge in [-0.3, -0.25) is 0 Å². The van der Waals surface area contributed by atoms with Gasteiger partial charge in [-0.2, -0.15) is 0 Å². The van der Waals surface area contributed by atoms with Crippen LogP contribution in [0, 0.1) is 0 Å². The largest absolute Gasteiger partial charge is 0.456 e. The van der Waals surface area contributed by atoms with Gasteiger partial charge in [0.25, 0.3) is 0 Å². The highest BCUT2D eigenvalue weighted by molar-refractivity contribution is 7.26. The fourth-order valence-corrected chi connectivity index (χ4v) is 9.54. The molecule has 0 saturated heterocycles. The van der Waals surface area contributed by atoms with Gasteiger partial charge in [0, 0.05) is 47.9 Å². The summed E-state index contributed by atoms with van der Waals surface area (Å²) in [6.07, 6.45) is 0. The summed E-state index contributed by atoms with van der Waals surface area (Å²) in [5.74, 6) is 0. The van der Waals surface area contributed by atoms with Crippen LogP contribution in [-0.4, -0.2) is 0 Å². The van der Waals surface area contributed by atoms with Crippen molar-refractivity contribution in [1.29, 1.82) is 0 Å². The van der Waals surface area contributed by atoms with Crippen molar-refractivity contribution >= 4 is 81.3 Å². The highest BCUT2D eigenvalue weighted by atomic mass is 32.1. The maximum atomic E-state index is 6.19. The van der Waals surface area contributed by atoms with Crippen LogP contribution in [0.25, 0.3) is 86.3 Å². The van der Waals surface area contributed by atoms with Crippen LogP contribution in [0.3, 0.4) is 0 Å². The number of furan rings is 1. The number of thiophene rings is 1. The van der Waals surface area contributed by atoms with E-state index in [1.165, 1.54) is 53.2 Å². The number of anilines is 3. The summed E-state index contributed by atoms with van der Waals surface area (Å²) in [5.41, 5.74) is 12.2. The van der Waals surface area contributed by atoms with Gasteiger partial charge < -0.3 is 9.32 Å². The molecule has 0 amide bonds. The van der Waals surface area contributed by atoms with E-state index in [2.05, 4.69) is 193 Å². The summed E-state index contributed by atoms with van der Waals surface area (Å²) in [7, 11) is 0. The van der Waals surface area contributed by atoms with Crippen LogP contribution in [0.2, 0.25) is 0 Å². The molecule has 11 rings (SSSR count). The van der Waals surface area contributed by atoms with E-state index in [-0.39, 0.29) is 0 Å². The minimum absolute atomic E-state index is 0.900. The first-order valence-corrected chi connectivity index (χ1v) is 19.5. The van der Waals surface area contributed by atoms with E-state index in [0.717, 1.165) is 50.1 Å². The highest BCUT2D eigenvalue weighted by Gasteiger charge is 2.20. The Morgan fingerprint density at radius 1 is 0.364 bits per heavy atom. The summed E-state index contributed by atoms with van der Waals surface area (Å²) in [4.78, 5) is 2.43. The molecule has 3 heteroatoms. The first kappa shape index (κ1) is 31.6. The zero-order valence-corrected chi connectivity index (χ0v) is 30.6. The topological polar surface area (TPSA) is 16.4 Å². The molecular weight excluding hydrogens is 687 g/mol. The molecule has 11 aromatic rings. The second-order valence-corrected chi connectivity index (χ2v) is 15.1. The monoisotopic (exact) mass is 719 g/mol. The van der Waals surface area contributed by atoms with Gasteiger partial charge in [0.15, 0.2) is 0 Å². The van der Waals surface area contributed by atoms with Gasteiger partial charge in [0.2, 0.25) is 0 Å². The van der Waals surface area contributed by atoms with Gasteiger partial charge in [-0.1, -0.05) is 146 Å². The number of benzene rings is 9. The molecule has 2 nitrogen and oxygen atoms in total. The Kier molecular flexibility index (Phi) is 7.39. The minimum atomic E-state index is 0.900. The minimum Gasteiger partial charge on any atom is -0.456 e. The summed E-state index contributed by atoms with van der Waals surface area (Å²) >= 11 is 1.87. The van der Waals surface area contributed by atoms with Crippen LogP contribution in [0.1, 0.15) is 0 Å². The number of rotatable bonds is 6. The van der Waals surface area contributed by atoms with Crippen LogP contribution in [0.4, 0.5) is 17.1 Å². The maximum absolute atomic E-state index is 6.19. The fourth-order valence-electron chi connectivity index (χ4n) is 8.30. The smallest absolute Gasteiger partial charge is 0.135 e. The Morgan fingerprint density at radius 3 is 1.87 bits per heavy atom. The lowest BCUT2D eigenvalue weighted by Gasteiger charge is -2.29. The first-order chi connectivity index (χ1) is 27.3. The molecule has 0 atom stereocenters. The zero-order chi connectivity index (χ0) is 36.3. The van der Waals surface area contributed by atoms with Crippen molar-refractivity contribution in [2.45, 2.75) is 0 Å². The molecule has 0 spiro atoms. The molecule has 9 aromatic carbocycles. The number of fused-ring (bicyclic) bond motifs is 7. The number of hydrogen-bond acceptors (Lipinski definition) is 3. The predicted molar refractivity (Wildman–Crippen MR) is 235 cm³/mol. The molecule has 258 valence electrons. The third-order valence-corrected chi connectivity index (χ3v) is 12.1. The van der Waals surface area contributed by atoms with Gasteiger partial charge in [0.1, 0.15) is 11.2 Å². The molecule has 0 aliphatic rings. The lowest BCUT2D eigenvalue weighted by Crippen LogP contribution is -2.11. The van der Waals surface area contributed by atoms with E-state index < -0.39 is 0 Å². The molecule has 0 N–H and O–H groups in total. The van der Waals surface area contributed by atoms with E-state index in [1.807, 2.05) is 23.5 Å². The van der Waals surface area contributed by atoms with Crippen molar-refractivity contribution in [2.75, 3.05) is 4.90 Å². The molecule has 55 heavy (non-hydrogen) atoms. The van der Waals surface area contributed by atoms with Gasteiger partial charge in [-0.05, 0) is 93.2 Å². The molecule has 0 aliphatic heterocycles. The Bertz CT molecular complexity index is 3240. The van der Waals surface area contributed by atoms with Gasteiger partial charge in [-0.25, -0.2) is 0 Å². The third kappa shape index (κ3) is 5.32.